The zero-order valence-corrected chi connectivity index (χ0v) is 12.4. The second kappa shape index (κ2) is 8.15. The van der Waals surface area contributed by atoms with Crippen LogP contribution in [0.25, 0.3) is 0 Å². The standard InChI is InChI=1S/C17H26O3/c1-2-11-19-16-9-5-6-10-17(16)20-13-15(18)12-14-7-3-4-8-14/h5-6,9-10,14-15,18H,2-4,7-8,11-13H2,1H3. The molecule has 112 valence electrons. The summed E-state index contributed by atoms with van der Waals surface area (Å²) in [5.41, 5.74) is 0. The van der Waals surface area contributed by atoms with E-state index in [2.05, 4.69) is 6.92 Å². The molecule has 0 radical (unpaired) electrons. The third-order valence-corrected chi connectivity index (χ3v) is 3.82. The summed E-state index contributed by atoms with van der Waals surface area (Å²) in [6, 6.07) is 7.67. The molecule has 2 rings (SSSR count). The Labute approximate surface area is 121 Å². The molecule has 1 aromatic carbocycles. The van der Waals surface area contributed by atoms with Gasteiger partial charge in [0.25, 0.3) is 0 Å². The van der Waals surface area contributed by atoms with Gasteiger partial charge >= 0.3 is 0 Å². The van der Waals surface area contributed by atoms with Crippen molar-refractivity contribution < 1.29 is 14.6 Å². The zero-order chi connectivity index (χ0) is 14.2. The number of aliphatic hydroxyl groups is 1. The Balaban J connectivity index is 1.80. The number of benzene rings is 1. The van der Waals surface area contributed by atoms with E-state index in [0.717, 1.165) is 24.3 Å². The summed E-state index contributed by atoms with van der Waals surface area (Å²) in [6.45, 7) is 3.11. The van der Waals surface area contributed by atoms with Crippen LogP contribution in [-0.4, -0.2) is 24.4 Å². The molecule has 0 heterocycles. The molecule has 1 aliphatic rings. The molecule has 0 aromatic heterocycles. The van der Waals surface area contributed by atoms with Gasteiger partial charge in [-0.1, -0.05) is 44.7 Å². The van der Waals surface area contributed by atoms with Crippen molar-refractivity contribution >= 4 is 0 Å². The lowest BCUT2D eigenvalue weighted by Crippen LogP contribution is -2.20. The molecular formula is C17H26O3. The SMILES string of the molecule is CCCOc1ccccc1OCC(O)CC1CCCC1. The molecule has 0 amide bonds. The van der Waals surface area contributed by atoms with Crippen molar-refractivity contribution in [2.24, 2.45) is 5.92 Å². The van der Waals surface area contributed by atoms with Crippen molar-refractivity contribution in [3.63, 3.8) is 0 Å². The average molecular weight is 278 g/mol. The van der Waals surface area contributed by atoms with E-state index in [0.29, 0.717) is 19.1 Å². The summed E-state index contributed by atoms with van der Waals surface area (Å²) < 4.78 is 11.4. The normalized spacial score (nSPS) is 17.1. The van der Waals surface area contributed by atoms with Gasteiger partial charge in [0.15, 0.2) is 11.5 Å². The Morgan fingerprint density at radius 3 is 2.45 bits per heavy atom. The predicted molar refractivity (Wildman–Crippen MR) is 80.3 cm³/mol. The number of para-hydroxylation sites is 2. The van der Waals surface area contributed by atoms with Gasteiger partial charge in [-0.15, -0.1) is 0 Å². The minimum absolute atomic E-state index is 0.350. The average Bonchev–Trinajstić information content (AvgIpc) is 2.96. The largest absolute Gasteiger partial charge is 0.490 e. The molecular weight excluding hydrogens is 252 g/mol. The maximum absolute atomic E-state index is 10.1. The van der Waals surface area contributed by atoms with Crippen LogP contribution >= 0.6 is 0 Å². The molecule has 20 heavy (non-hydrogen) atoms. The zero-order valence-electron chi connectivity index (χ0n) is 12.4. The molecule has 1 aromatic rings. The Kier molecular flexibility index (Phi) is 6.19. The first-order chi connectivity index (χ1) is 9.79. The molecule has 3 heteroatoms. The fourth-order valence-electron chi connectivity index (χ4n) is 2.79. The first-order valence-electron chi connectivity index (χ1n) is 7.82. The topological polar surface area (TPSA) is 38.7 Å². The van der Waals surface area contributed by atoms with Gasteiger partial charge in [-0.25, -0.2) is 0 Å². The smallest absolute Gasteiger partial charge is 0.161 e. The number of ether oxygens (including phenoxy) is 2. The van der Waals surface area contributed by atoms with E-state index in [-0.39, 0.29) is 6.10 Å². The number of hydrogen-bond donors (Lipinski definition) is 1. The lowest BCUT2D eigenvalue weighted by atomic mass is 10.0. The van der Waals surface area contributed by atoms with Crippen LogP contribution in [0, 0.1) is 5.92 Å². The van der Waals surface area contributed by atoms with Crippen molar-refractivity contribution in [3.05, 3.63) is 24.3 Å². The highest BCUT2D eigenvalue weighted by molar-refractivity contribution is 5.39. The fraction of sp³-hybridized carbons (Fsp3) is 0.647. The summed E-state index contributed by atoms with van der Waals surface area (Å²) in [5, 5.41) is 10.1. The van der Waals surface area contributed by atoms with Crippen molar-refractivity contribution in [1.82, 2.24) is 0 Å². The van der Waals surface area contributed by atoms with E-state index in [1.165, 1.54) is 25.7 Å². The molecule has 1 fully saturated rings. The Morgan fingerprint density at radius 1 is 1.15 bits per heavy atom. The fourth-order valence-corrected chi connectivity index (χ4v) is 2.79. The van der Waals surface area contributed by atoms with E-state index in [4.69, 9.17) is 9.47 Å². The van der Waals surface area contributed by atoms with E-state index in [1.807, 2.05) is 24.3 Å². The minimum atomic E-state index is -0.377. The molecule has 1 aliphatic carbocycles. The van der Waals surface area contributed by atoms with E-state index in [1.54, 1.807) is 0 Å². The second-order valence-corrected chi connectivity index (χ2v) is 5.65. The summed E-state index contributed by atoms with van der Waals surface area (Å²) in [4.78, 5) is 0. The van der Waals surface area contributed by atoms with Crippen molar-refractivity contribution in [2.45, 2.75) is 51.6 Å². The molecule has 0 aliphatic heterocycles. The molecule has 0 spiro atoms. The van der Waals surface area contributed by atoms with E-state index < -0.39 is 0 Å². The molecule has 1 atom stereocenters. The van der Waals surface area contributed by atoms with Crippen molar-refractivity contribution in [2.75, 3.05) is 13.2 Å². The van der Waals surface area contributed by atoms with Gasteiger partial charge in [0, 0.05) is 0 Å². The maximum Gasteiger partial charge on any atom is 0.161 e. The maximum atomic E-state index is 10.1. The van der Waals surface area contributed by atoms with Crippen molar-refractivity contribution in [3.8, 4) is 11.5 Å². The van der Waals surface area contributed by atoms with Gasteiger partial charge in [-0.3, -0.25) is 0 Å². The van der Waals surface area contributed by atoms with Gasteiger partial charge in [-0.05, 0) is 30.9 Å². The van der Waals surface area contributed by atoms with Crippen LogP contribution in [0.5, 0.6) is 11.5 Å². The lowest BCUT2D eigenvalue weighted by Gasteiger charge is -2.17. The summed E-state index contributed by atoms with van der Waals surface area (Å²) in [5.74, 6) is 2.18. The second-order valence-electron chi connectivity index (χ2n) is 5.65. The minimum Gasteiger partial charge on any atom is -0.490 e. The van der Waals surface area contributed by atoms with Crippen molar-refractivity contribution in [1.29, 1.82) is 0 Å². The van der Waals surface area contributed by atoms with E-state index in [9.17, 15) is 5.11 Å². The van der Waals surface area contributed by atoms with Crippen LogP contribution in [0.4, 0.5) is 0 Å². The first-order valence-corrected chi connectivity index (χ1v) is 7.82. The van der Waals surface area contributed by atoms with Gasteiger partial charge in [0.1, 0.15) is 6.61 Å². The highest BCUT2D eigenvalue weighted by Crippen LogP contribution is 2.30. The quantitative estimate of drug-likeness (QED) is 0.786. The van der Waals surface area contributed by atoms with Gasteiger partial charge < -0.3 is 14.6 Å². The summed E-state index contributed by atoms with van der Waals surface area (Å²) in [7, 11) is 0. The molecule has 0 bridgehead atoms. The highest BCUT2D eigenvalue weighted by atomic mass is 16.5. The lowest BCUT2D eigenvalue weighted by molar-refractivity contribution is 0.0837. The van der Waals surface area contributed by atoms with Crippen LogP contribution in [0.3, 0.4) is 0 Å². The Bertz CT molecular complexity index is 386. The molecule has 3 nitrogen and oxygen atoms in total. The summed E-state index contributed by atoms with van der Waals surface area (Å²) in [6.07, 6.45) is 6.59. The first kappa shape index (κ1) is 15.2. The number of aliphatic hydroxyl groups excluding tert-OH is 1. The Hall–Kier alpha value is -1.22. The molecule has 0 saturated heterocycles. The van der Waals surface area contributed by atoms with Crippen LogP contribution in [0.2, 0.25) is 0 Å². The monoisotopic (exact) mass is 278 g/mol. The third kappa shape index (κ3) is 4.71. The number of rotatable bonds is 8. The molecule has 1 unspecified atom stereocenters. The highest BCUT2D eigenvalue weighted by Gasteiger charge is 2.19. The van der Waals surface area contributed by atoms with Gasteiger partial charge in [0.05, 0.1) is 12.7 Å². The third-order valence-electron chi connectivity index (χ3n) is 3.82. The van der Waals surface area contributed by atoms with Crippen LogP contribution in [0.1, 0.15) is 45.4 Å². The van der Waals surface area contributed by atoms with Crippen LogP contribution < -0.4 is 9.47 Å². The van der Waals surface area contributed by atoms with Gasteiger partial charge in [0.2, 0.25) is 0 Å². The number of hydrogen-bond acceptors (Lipinski definition) is 3. The van der Waals surface area contributed by atoms with E-state index >= 15 is 0 Å². The van der Waals surface area contributed by atoms with Gasteiger partial charge in [-0.2, -0.15) is 0 Å². The van der Waals surface area contributed by atoms with Crippen LogP contribution in [-0.2, 0) is 0 Å². The van der Waals surface area contributed by atoms with Crippen LogP contribution in [0.15, 0.2) is 24.3 Å². The molecule has 1 saturated carbocycles. The molecule has 1 N–H and O–H groups in total. The summed E-state index contributed by atoms with van der Waals surface area (Å²) >= 11 is 0. The Morgan fingerprint density at radius 2 is 1.80 bits per heavy atom. The predicted octanol–water partition coefficient (Wildman–Crippen LogP) is 3.80.